The quantitative estimate of drug-likeness (QED) is 0.537. The van der Waals surface area contributed by atoms with E-state index in [0.29, 0.717) is 17.5 Å². The molecule has 1 saturated heterocycles. The van der Waals surface area contributed by atoms with Crippen LogP contribution in [0, 0.1) is 13.8 Å². The van der Waals surface area contributed by atoms with E-state index >= 15 is 0 Å². The molecule has 2 aliphatic heterocycles. The first-order valence-corrected chi connectivity index (χ1v) is 11.7. The Morgan fingerprint density at radius 3 is 2.45 bits per heavy atom. The smallest absolute Gasteiger partial charge is 0.279 e. The average Bonchev–Trinajstić information content (AvgIpc) is 3.32. The SMILES string of the molecule is Cc1ccc(C)c(N2C(=O)CSC2=NN=C2C(=O)N(Cc3ccccc3)c3ccccc32)c1. The summed E-state index contributed by atoms with van der Waals surface area (Å²) in [5.74, 6) is 0.0513. The Balaban J connectivity index is 1.51. The summed E-state index contributed by atoms with van der Waals surface area (Å²) in [7, 11) is 0. The summed E-state index contributed by atoms with van der Waals surface area (Å²) in [6, 6.07) is 23.4. The molecule has 0 aromatic heterocycles. The van der Waals surface area contributed by atoms with Crippen molar-refractivity contribution in [1.82, 2.24) is 0 Å². The molecule has 2 heterocycles. The zero-order valence-corrected chi connectivity index (χ0v) is 19.2. The molecule has 164 valence electrons. The average molecular weight is 455 g/mol. The minimum atomic E-state index is -0.197. The lowest BCUT2D eigenvalue weighted by atomic mass is 10.1. The molecule has 3 aromatic rings. The highest BCUT2D eigenvalue weighted by molar-refractivity contribution is 8.15. The van der Waals surface area contributed by atoms with Crippen LogP contribution < -0.4 is 9.80 Å². The third kappa shape index (κ3) is 3.96. The van der Waals surface area contributed by atoms with E-state index in [4.69, 9.17) is 0 Å². The number of carbonyl (C=O) groups is 2. The fraction of sp³-hybridized carbons (Fsp3) is 0.154. The van der Waals surface area contributed by atoms with Crippen LogP contribution in [-0.4, -0.2) is 28.4 Å². The van der Waals surface area contributed by atoms with Crippen molar-refractivity contribution in [3.8, 4) is 0 Å². The number of para-hydroxylation sites is 1. The Kier molecular flexibility index (Phi) is 5.56. The third-order valence-corrected chi connectivity index (χ3v) is 6.60. The van der Waals surface area contributed by atoms with Gasteiger partial charge < -0.3 is 4.90 Å². The largest absolute Gasteiger partial charge is 0.302 e. The van der Waals surface area contributed by atoms with E-state index < -0.39 is 0 Å². The molecule has 0 aliphatic carbocycles. The van der Waals surface area contributed by atoms with E-state index in [-0.39, 0.29) is 17.5 Å². The first-order chi connectivity index (χ1) is 16.0. The summed E-state index contributed by atoms with van der Waals surface area (Å²) >= 11 is 1.33. The zero-order valence-electron chi connectivity index (χ0n) is 18.4. The fourth-order valence-corrected chi connectivity index (χ4v) is 4.82. The number of amides is 2. The van der Waals surface area contributed by atoms with Gasteiger partial charge in [-0.05, 0) is 42.7 Å². The molecule has 2 aliphatic rings. The van der Waals surface area contributed by atoms with Gasteiger partial charge in [0.2, 0.25) is 5.91 Å². The second-order valence-corrected chi connectivity index (χ2v) is 8.98. The highest BCUT2D eigenvalue weighted by Gasteiger charge is 2.35. The molecular formula is C26H22N4O2S. The lowest BCUT2D eigenvalue weighted by Gasteiger charge is -2.18. The number of nitrogens with zero attached hydrogens (tertiary/aromatic N) is 4. The van der Waals surface area contributed by atoms with Gasteiger partial charge in [-0.25, -0.2) is 0 Å². The van der Waals surface area contributed by atoms with E-state index in [0.717, 1.165) is 33.6 Å². The number of amidine groups is 1. The lowest BCUT2D eigenvalue weighted by molar-refractivity contribution is -0.115. The second kappa shape index (κ2) is 8.67. The van der Waals surface area contributed by atoms with Gasteiger partial charge in [0, 0.05) is 5.56 Å². The minimum absolute atomic E-state index is 0.0449. The maximum absolute atomic E-state index is 13.3. The van der Waals surface area contributed by atoms with Crippen LogP contribution in [0.25, 0.3) is 0 Å². The summed E-state index contributed by atoms with van der Waals surface area (Å²) in [6.07, 6.45) is 0. The summed E-state index contributed by atoms with van der Waals surface area (Å²) in [5.41, 5.74) is 5.71. The van der Waals surface area contributed by atoms with Gasteiger partial charge in [0.1, 0.15) is 0 Å². The van der Waals surface area contributed by atoms with Gasteiger partial charge in [0.25, 0.3) is 5.91 Å². The standard InChI is InChI=1S/C26H22N4O2S/c1-17-12-13-18(2)22(14-17)30-23(31)16-33-26(30)28-27-24-20-10-6-7-11-21(20)29(25(24)32)15-19-8-4-3-5-9-19/h3-14H,15-16H2,1-2H3. The van der Waals surface area contributed by atoms with Crippen molar-refractivity contribution in [3.05, 3.63) is 95.1 Å². The number of rotatable bonds is 4. The van der Waals surface area contributed by atoms with Crippen LogP contribution >= 0.6 is 11.8 Å². The van der Waals surface area contributed by atoms with Crippen molar-refractivity contribution in [3.63, 3.8) is 0 Å². The van der Waals surface area contributed by atoms with E-state index in [1.54, 1.807) is 9.80 Å². The minimum Gasteiger partial charge on any atom is -0.302 e. The molecule has 2 amide bonds. The summed E-state index contributed by atoms with van der Waals surface area (Å²) < 4.78 is 0. The van der Waals surface area contributed by atoms with Gasteiger partial charge in [0.15, 0.2) is 10.9 Å². The molecule has 7 heteroatoms. The number of benzene rings is 3. The third-order valence-electron chi connectivity index (χ3n) is 5.69. The lowest BCUT2D eigenvalue weighted by Crippen LogP contribution is -2.30. The van der Waals surface area contributed by atoms with Crippen molar-refractivity contribution in [2.45, 2.75) is 20.4 Å². The van der Waals surface area contributed by atoms with Crippen LogP contribution in [0.4, 0.5) is 11.4 Å². The highest BCUT2D eigenvalue weighted by Crippen LogP contribution is 2.32. The predicted molar refractivity (Wildman–Crippen MR) is 134 cm³/mol. The van der Waals surface area contributed by atoms with Gasteiger partial charge in [-0.3, -0.25) is 14.5 Å². The zero-order chi connectivity index (χ0) is 22.9. The molecule has 0 saturated carbocycles. The molecule has 6 nitrogen and oxygen atoms in total. The molecule has 0 N–H and O–H groups in total. The maximum Gasteiger partial charge on any atom is 0.279 e. The van der Waals surface area contributed by atoms with Crippen LogP contribution in [0.5, 0.6) is 0 Å². The fourth-order valence-electron chi connectivity index (χ4n) is 4.01. The van der Waals surface area contributed by atoms with Crippen molar-refractivity contribution >= 4 is 45.8 Å². The van der Waals surface area contributed by atoms with E-state index in [1.165, 1.54) is 11.8 Å². The monoisotopic (exact) mass is 454 g/mol. The van der Waals surface area contributed by atoms with Crippen LogP contribution in [0.3, 0.4) is 0 Å². The molecule has 33 heavy (non-hydrogen) atoms. The van der Waals surface area contributed by atoms with Crippen LogP contribution in [0.15, 0.2) is 83.0 Å². The van der Waals surface area contributed by atoms with Crippen molar-refractivity contribution in [2.75, 3.05) is 15.6 Å². The predicted octanol–water partition coefficient (Wildman–Crippen LogP) is 4.69. The number of anilines is 2. The van der Waals surface area contributed by atoms with Gasteiger partial charge >= 0.3 is 0 Å². The first-order valence-electron chi connectivity index (χ1n) is 10.7. The number of fused-ring (bicyclic) bond motifs is 1. The molecule has 0 atom stereocenters. The Bertz CT molecular complexity index is 1320. The van der Waals surface area contributed by atoms with Gasteiger partial charge in [-0.2, -0.15) is 0 Å². The molecule has 0 spiro atoms. The number of hydrogen-bond acceptors (Lipinski definition) is 5. The molecule has 0 bridgehead atoms. The van der Waals surface area contributed by atoms with Gasteiger partial charge in [-0.1, -0.05) is 72.4 Å². The maximum atomic E-state index is 13.3. The van der Waals surface area contributed by atoms with Crippen LogP contribution in [0.2, 0.25) is 0 Å². The number of aryl methyl sites for hydroxylation is 2. The second-order valence-electron chi connectivity index (χ2n) is 8.03. The summed E-state index contributed by atoms with van der Waals surface area (Å²) in [6.45, 7) is 4.41. The molecule has 0 unspecified atom stereocenters. The van der Waals surface area contributed by atoms with E-state index in [2.05, 4.69) is 10.2 Å². The van der Waals surface area contributed by atoms with Crippen LogP contribution in [0.1, 0.15) is 22.3 Å². The van der Waals surface area contributed by atoms with Crippen LogP contribution in [-0.2, 0) is 16.1 Å². The van der Waals surface area contributed by atoms with Gasteiger partial charge in [0.05, 0.1) is 23.7 Å². The molecular weight excluding hydrogens is 432 g/mol. The topological polar surface area (TPSA) is 65.3 Å². The van der Waals surface area contributed by atoms with Crippen molar-refractivity contribution in [2.24, 2.45) is 10.2 Å². The Morgan fingerprint density at radius 2 is 1.64 bits per heavy atom. The summed E-state index contributed by atoms with van der Waals surface area (Å²) in [4.78, 5) is 29.3. The van der Waals surface area contributed by atoms with Crippen molar-refractivity contribution in [1.29, 1.82) is 0 Å². The number of hydrogen-bond donors (Lipinski definition) is 0. The van der Waals surface area contributed by atoms with E-state index in [1.807, 2.05) is 86.6 Å². The number of carbonyl (C=O) groups excluding carboxylic acids is 2. The highest BCUT2D eigenvalue weighted by atomic mass is 32.2. The number of thioether (sulfide) groups is 1. The first kappa shape index (κ1) is 21.2. The molecule has 3 aromatic carbocycles. The summed E-state index contributed by atoms with van der Waals surface area (Å²) in [5, 5.41) is 9.26. The molecule has 1 fully saturated rings. The Morgan fingerprint density at radius 1 is 0.879 bits per heavy atom. The van der Waals surface area contributed by atoms with E-state index in [9.17, 15) is 9.59 Å². The molecule has 5 rings (SSSR count). The van der Waals surface area contributed by atoms with Gasteiger partial charge in [-0.15, -0.1) is 10.2 Å². The molecule has 0 radical (unpaired) electrons. The van der Waals surface area contributed by atoms with Crippen molar-refractivity contribution < 1.29 is 9.59 Å². The Labute approximate surface area is 196 Å². The Hall–Kier alpha value is -3.71. The normalized spacial score (nSPS) is 18.0.